The minimum absolute atomic E-state index is 0.358. The monoisotopic (exact) mass is 293 g/mol. The van der Waals surface area contributed by atoms with Crippen LogP contribution in [0.3, 0.4) is 0 Å². The van der Waals surface area contributed by atoms with Crippen molar-refractivity contribution >= 4 is 5.69 Å². The summed E-state index contributed by atoms with van der Waals surface area (Å²) in [5, 5.41) is 4.90. The van der Waals surface area contributed by atoms with E-state index in [1.807, 2.05) is 6.07 Å². The van der Waals surface area contributed by atoms with Crippen LogP contribution in [0.1, 0.15) is 23.6 Å². The Bertz CT molecular complexity index is 637. The molecule has 0 bridgehead atoms. The fraction of sp³-hybridized carbons (Fsp3) is 0.368. The molecule has 2 aromatic carbocycles. The van der Waals surface area contributed by atoms with Gasteiger partial charge in [-0.2, -0.15) is 0 Å². The van der Waals surface area contributed by atoms with Crippen LogP contribution in [0.2, 0.25) is 0 Å². The molecular weight excluding hydrogens is 272 g/mol. The third-order valence-electron chi connectivity index (χ3n) is 4.80. The highest BCUT2D eigenvalue weighted by Gasteiger charge is 2.38. The number of fused-ring (bicyclic) bond motifs is 1. The summed E-state index contributed by atoms with van der Waals surface area (Å²) in [4.78, 5) is 0. The zero-order valence-electron chi connectivity index (χ0n) is 12.9. The van der Waals surface area contributed by atoms with Crippen LogP contribution in [0, 0.1) is 6.07 Å². The van der Waals surface area contributed by atoms with E-state index in [0.717, 1.165) is 25.9 Å². The van der Waals surface area contributed by atoms with E-state index in [4.69, 9.17) is 4.74 Å². The van der Waals surface area contributed by atoms with Gasteiger partial charge in [-0.3, -0.25) is 5.01 Å². The lowest BCUT2D eigenvalue weighted by Gasteiger charge is -2.51. The smallest absolute Gasteiger partial charge is 0.0861 e. The number of nitrogens with zero attached hydrogens (tertiary/aromatic N) is 2. The summed E-state index contributed by atoms with van der Waals surface area (Å²) >= 11 is 0. The van der Waals surface area contributed by atoms with Crippen molar-refractivity contribution in [3.8, 4) is 0 Å². The van der Waals surface area contributed by atoms with Gasteiger partial charge in [-0.25, -0.2) is 5.01 Å². The Balaban J connectivity index is 1.70. The second-order valence-corrected chi connectivity index (χ2v) is 6.09. The van der Waals surface area contributed by atoms with Gasteiger partial charge in [0.05, 0.1) is 17.8 Å². The van der Waals surface area contributed by atoms with Crippen LogP contribution < -0.4 is 5.01 Å². The van der Waals surface area contributed by atoms with Crippen LogP contribution in [-0.2, 0) is 11.2 Å². The maximum Gasteiger partial charge on any atom is 0.0861 e. The predicted octanol–water partition coefficient (Wildman–Crippen LogP) is 3.23. The molecule has 1 unspecified atom stereocenters. The highest BCUT2D eigenvalue weighted by molar-refractivity contribution is 5.57. The fourth-order valence-electron chi connectivity index (χ4n) is 3.54. The third-order valence-corrected chi connectivity index (χ3v) is 4.80. The van der Waals surface area contributed by atoms with Crippen molar-refractivity contribution in [2.45, 2.75) is 25.0 Å². The first kappa shape index (κ1) is 13.8. The average molecular weight is 293 g/mol. The maximum absolute atomic E-state index is 5.46. The average Bonchev–Trinajstić information content (AvgIpc) is 2.55. The number of methoxy groups -OCH3 is 1. The molecule has 2 aromatic rings. The van der Waals surface area contributed by atoms with Gasteiger partial charge in [-0.05, 0) is 42.2 Å². The molecule has 1 saturated heterocycles. The molecule has 0 N–H and O–H groups in total. The molecule has 3 heteroatoms. The minimum Gasteiger partial charge on any atom is -0.379 e. The highest BCUT2D eigenvalue weighted by atomic mass is 16.5. The summed E-state index contributed by atoms with van der Waals surface area (Å²) in [6.45, 7) is 1.94. The molecule has 0 aromatic heterocycles. The zero-order chi connectivity index (χ0) is 14.9. The molecule has 2 heterocycles. The maximum atomic E-state index is 5.46. The van der Waals surface area contributed by atoms with Crippen molar-refractivity contribution in [1.29, 1.82) is 0 Å². The summed E-state index contributed by atoms with van der Waals surface area (Å²) in [6, 6.07) is 20.8. The van der Waals surface area contributed by atoms with E-state index in [9.17, 15) is 0 Å². The third kappa shape index (κ3) is 2.31. The molecule has 113 valence electrons. The first-order valence-corrected chi connectivity index (χ1v) is 7.97. The molecule has 22 heavy (non-hydrogen) atoms. The van der Waals surface area contributed by atoms with Crippen LogP contribution in [-0.4, -0.2) is 31.3 Å². The Morgan fingerprint density at radius 2 is 1.95 bits per heavy atom. The van der Waals surface area contributed by atoms with Crippen molar-refractivity contribution in [2.24, 2.45) is 0 Å². The molecule has 0 amide bonds. The van der Waals surface area contributed by atoms with E-state index in [1.54, 1.807) is 7.11 Å². The van der Waals surface area contributed by atoms with Crippen LogP contribution in [0.4, 0.5) is 5.69 Å². The standard InChI is InChI=1S/C19H21N2O/c1-22-17-13-20(14-17)21-18-10-6-5-9-16(18)11-12-19(21)15-7-3-2-4-8-15/h2-4,6-10,17,19H,11-14H2,1H3. The number of rotatable bonds is 3. The zero-order valence-corrected chi connectivity index (χ0v) is 12.9. The fourth-order valence-corrected chi connectivity index (χ4v) is 3.54. The van der Waals surface area contributed by atoms with Gasteiger partial charge in [0.25, 0.3) is 0 Å². The normalized spacial score (nSPS) is 22.2. The highest BCUT2D eigenvalue weighted by Crippen LogP contribution is 2.40. The van der Waals surface area contributed by atoms with Gasteiger partial charge < -0.3 is 4.74 Å². The van der Waals surface area contributed by atoms with Gasteiger partial charge >= 0.3 is 0 Å². The summed E-state index contributed by atoms with van der Waals surface area (Å²) in [5.41, 5.74) is 4.12. The van der Waals surface area contributed by atoms with Crippen molar-refractivity contribution in [2.75, 3.05) is 25.2 Å². The molecule has 1 fully saturated rings. The molecule has 4 rings (SSSR count). The molecule has 0 aliphatic carbocycles. The van der Waals surface area contributed by atoms with E-state index < -0.39 is 0 Å². The number of hydrogen-bond acceptors (Lipinski definition) is 3. The van der Waals surface area contributed by atoms with Gasteiger partial charge in [0.15, 0.2) is 0 Å². The molecule has 0 spiro atoms. The van der Waals surface area contributed by atoms with Crippen molar-refractivity contribution < 1.29 is 4.74 Å². The number of hydrazine groups is 1. The number of ether oxygens (including phenoxy) is 1. The molecule has 3 nitrogen and oxygen atoms in total. The van der Waals surface area contributed by atoms with Crippen LogP contribution in [0.15, 0.2) is 48.5 Å². The van der Waals surface area contributed by atoms with E-state index in [1.165, 1.54) is 16.8 Å². The first-order valence-electron chi connectivity index (χ1n) is 7.97. The second-order valence-electron chi connectivity index (χ2n) is 6.09. The van der Waals surface area contributed by atoms with E-state index in [0.29, 0.717) is 12.1 Å². The Hall–Kier alpha value is -1.84. The van der Waals surface area contributed by atoms with Crippen molar-refractivity contribution in [3.05, 3.63) is 65.7 Å². The summed E-state index contributed by atoms with van der Waals surface area (Å²) in [7, 11) is 1.80. The SMILES string of the molecule is COC1CN(N2c3cc[c]cc3CCC2c2ccccc2)C1. The summed E-state index contributed by atoms with van der Waals surface area (Å²) < 4.78 is 5.46. The quantitative estimate of drug-likeness (QED) is 0.864. The van der Waals surface area contributed by atoms with Crippen LogP contribution >= 0.6 is 0 Å². The Labute approximate surface area is 132 Å². The summed E-state index contributed by atoms with van der Waals surface area (Å²) in [6.07, 6.45) is 2.62. The number of aryl methyl sites for hydroxylation is 1. The van der Waals surface area contributed by atoms with Crippen LogP contribution in [0.5, 0.6) is 0 Å². The lowest BCUT2D eigenvalue weighted by atomic mass is 9.92. The Kier molecular flexibility index (Phi) is 3.60. The first-order chi connectivity index (χ1) is 10.9. The molecule has 2 aliphatic rings. The summed E-state index contributed by atoms with van der Waals surface area (Å²) in [5.74, 6) is 0. The van der Waals surface area contributed by atoms with Gasteiger partial charge in [-0.15, -0.1) is 0 Å². The lowest BCUT2D eigenvalue weighted by Crippen LogP contribution is -2.61. The topological polar surface area (TPSA) is 15.7 Å². The number of anilines is 1. The van der Waals surface area contributed by atoms with Gasteiger partial charge in [0.1, 0.15) is 0 Å². The van der Waals surface area contributed by atoms with Crippen LogP contribution in [0.25, 0.3) is 0 Å². The van der Waals surface area contributed by atoms with E-state index >= 15 is 0 Å². The largest absolute Gasteiger partial charge is 0.379 e. The van der Waals surface area contributed by atoms with Crippen molar-refractivity contribution in [1.82, 2.24) is 5.01 Å². The van der Waals surface area contributed by atoms with Gasteiger partial charge in [0, 0.05) is 20.2 Å². The molecule has 1 atom stereocenters. The molecule has 2 aliphatic heterocycles. The van der Waals surface area contributed by atoms with Gasteiger partial charge in [0.2, 0.25) is 0 Å². The number of hydrogen-bond donors (Lipinski definition) is 0. The number of benzene rings is 2. The van der Waals surface area contributed by atoms with Crippen molar-refractivity contribution in [3.63, 3.8) is 0 Å². The Morgan fingerprint density at radius 3 is 2.73 bits per heavy atom. The molecule has 0 saturated carbocycles. The molecule has 1 radical (unpaired) electrons. The van der Waals surface area contributed by atoms with E-state index in [2.05, 4.69) is 58.5 Å². The lowest BCUT2D eigenvalue weighted by molar-refractivity contribution is -0.0417. The van der Waals surface area contributed by atoms with Gasteiger partial charge in [-0.1, -0.05) is 36.4 Å². The minimum atomic E-state index is 0.358. The Morgan fingerprint density at radius 1 is 1.14 bits per heavy atom. The van der Waals surface area contributed by atoms with E-state index in [-0.39, 0.29) is 0 Å². The molecular formula is C19H21N2O. The second kappa shape index (κ2) is 5.75. The predicted molar refractivity (Wildman–Crippen MR) is 87.6 cm³/mol.